The fraction of sp³-hybridized carbons (Fsp3) is 0.333. The van der Waals surface area contributed by atoms with E-state index in [-0.39, 0.29) is 0 Å². The van der Waals surface area contributed by atoms with Gasteiger partial charge in [0.1, 0.15) is 5.75 Å². The van der Waals surface area contributed by atoms with Crippen molar-refractivity contribution < 1.29 is 4.74 Å². The first-order chi connectivity index (χ1) is 6.19. The van der Waals surface area contributed by atoms with Crippen molar-refractivity contribution in [2.75, 3.05) is 7.11 Å². The summed E-state index contributed by atoms with van der Waals surface area (Å²) in [6, 6.07) is 4.24. The van der Waals surface area contributed by atoms with Gasteiger partial charge in [0.15, 0.2) is 0 Å². The van der Waals surface area contributed by atoms with Gasteiger partial charge in [-0.2, -0.15) is 0 Å². The summed E-state index contributed by atoms with van der Waals surface area (Å²) in [5, 5.41) is 0. The average molecular weight is 176 g/mol. The number of methoxy groups -OCH3 is 1. The molecule has 0 aromatic heterocycles. The number of aryl methyl sites for hydroxylation is 2. The van der Waals surface area contributed by atoms with Crippen LogP contribution in [0.5, 0.6) is 5.75 Å². The minimum absolute atomic E-state index is 0.927. The highest BCUT2D eigenvalue weighted by atomic mass is 16.5. The molecule has 0 spiro atoms. The molecular weight excluding hydrogens is 160 g/mol. The van der Waals surface area contributed by atoms with E-state index in [2.05, 4.69) is 32.6 Å². The Morgan fingerprint density at radius 3 is 2.54 bits per heavy atom. The van der Waals surface area contributed by atoms with Gasteiger partial charge < -0.3 is 4.74 Å². The van der Waals surface area contributed by atoms with Gasteiger partial charge in [-0.25, -0.2) is 0 Å². The van der Waals surface area contributed by atoms with Crippen LogP contribution in [-0.4, -0.2) is 7.11 Å². The van der Waals surface area contributed by atoms with Gasteiger partial charge in [-0.15, -0.1) is 6.58 Å². The Morgan fingerprint density at radius 1 is 1.31 bits per heavy atom. The maximum absolute atomic E-state index is 5.23. The van der Waals surface area contributed by atoms with E-state index in [0.717, 1.165) is 12.2 Å². The monoisotopic (exact) mass is 176 g/mol. The fourth-order valence-electron chi connectivity index (χ4n) is 1.44. The lowest BCUT2D eigenvalue weighted by atomic mass is 10.0. The van der Waals surface area contributed by atoms with Crippen LogP contribution in [0.2, 0.25) is 0 Å². The van der Waals surface area contributed by atoms with Crippen molar-refractivity contribution in [1.29, 1.82) is 0 Å². The van der Waals surface area contributed by atoms with Gasteiger partial charge in [-0.05, 0) is 43.0 Å². The van der Waals surface area contributed by atoms with Gasteiger partial charge in [0.25, 0.3) is 0 Å². The van der Waals surface area contributed by atoms with Crippen LogP contribution in [0.4, 0.5) is 0 Å². The molecule has 0 atom stereocenters. The van der Waals surface area contributed by atoms with Crippen molar-refractivity contribution in [2.45, 2.75) is 20.3 Å². The molecule has 1 heteroatoms. The Morgan fingerprint density at radius 2 is 2.00 bits per heavy atom. The molecule has 1 aromatic rings. The summed E-state index contributed by atoms with van der Waals surface area (Å²) in [6.07, 6.45) is 2.85. The van der Waals surface area contributed by atoms with E-state index in [1.54, 1.807) is 7.11 Å². The van der Waals surface area contributed by atoms with Crippen LogP contribution in [-0.2, 0) is 6.42 Å². The predicted octanol–water partition coefficient (Wildman–Crippen LogP) is 3.04. The SMILES string of the molecule is C=CCc1cc(C)c(OC)cc1C. The first-order valence-corrected chi connectivity index (χ1v) is 4.44. The molecule has 0 heterocycles. The van der Waals surface area contributed by atoms with Crippen LogP contribution < -0.4 is 4.74 Å². The molecule has 0 amide bonds. The highest BCUT2D eigenvalue weighted by molar-refractivity contribution is 5.42. The van der Waals surface area contributed by atoms with E-state index in [1.165, 1.54) is 16.7 Å². The maximum Gasteiger partial charge on any atom is 0.122 e. The molecule has 70 valence electrons. The van der Waals surface area contributed by atoms with Crippen LogP contribution >= 0.6 is 0 Å². The fourth-order valence-corrected chi connectivity index (χ4v) is 1.44. The average Bonchev–Trinajstić information content (AvgIpc) is 2.11. The van der Waals surface area contributed by atoms with E-state index in [9.17, 15) is 0 Å². The number of allylic oxidation sites excluding steroid dienone is 1. The number of benzene rings is 1. The lowest BCUT2D eigenvalue weighted by Gasteiger charge is -2.09. The molecule has 0 unspecified atom stereocenters. The maximum atomic E-state index is 5.23. The van der Waals surface area contributed by atoms with E-state index < -0.39 is 0 Å². The Kier molecular flexibility index (Phi) is 3.13. The number of rotatable bonds is 3. The van der Waals surface area contributed by atoms with E-state index in [4.69, 9.17) is 4.74 Å². The van der Waals surface area contributed by atoms with Crippen molar-refractivity contribution in [3.8, 4) is 5.75 Å². The van der Waals surface area contributed by atoms with Crippen molar-refractivity contribution in [3.05, 3.63) is 41.5 Å². The van der Waals surface area contributed by atoms with Crippen molar-refractivity contribution in [3.63, 3.8) is 0 Å². The molecule has 0 saturated carbocycles. The third kappa shape index (κ3) is 2.11. The molecule has 1 nitrogen and oxygen atoms in total. The van der Waals surface area contributed by atoms with Gasteiger partial charge in [-0.1, -0.05) is 12.1 Å². The second-order valence-corrected chi connectivity index (χ2v) is 3.24. The molecule has 0 radical (unpaired) electrons. The summed E-state index contributed by atoms with van der Waals surface area (Å²) in [7, 11) is 1.70. The Hall–Kier alpha value is -1.24. The molecule has 0 aliphatic carbocycles. The van der Waals surface area contributed by atoms with E-state index in [0.29, 0.717) is 0 Å². The lowest BCUT2D eigenvalue weighted by molar-refractivity contribution is 0.411. The first kappa shape index (κ1) is 9.85. The molecule has 1 aromatic carbocycles. The van der Waals surface area contributed by atoms with Crippen molar-refractivity contribution in [2.24, 2.45) is 0 Å². The summed E-state index contributed by atoms with van der Waals surface area (Å²) in [5.41, 5.74) is 3.78. The van der Waals surface area contributed by atoms with Gasteiger partial charge in [-0.3, -0.25) is 0 Å². The molecule has 0 N–H and O–H groups in total. The second kappa shape index (κ2) is 4.13. The Labute approximate surface area is 80.0 Å². The standard InChI is InChI=1S/C12H16O/c1-5-6-11-7-10(3)12(13-4)8-9(11)2/h5,7-8H,1,6H2,2-4H3. The third-order valence-corrected chi connectivity index (χ3v) is 2.22. The molecule has 0 saturated heterocycles. The van der Waals surface area contributed by atoms with E-state index in [1.807, 2.05) is 6.08 Å². The van der Waals surface area contributed by atoms with Crippen molar-refractivity contribution in [1.82, 2.24) is 0 Å². The molecular formula is C12H16O. The molecule has 0 bridgehead atoms. The molecule has 0 aliphatic heterocycles. The zero-order valence-corrected chi connectivity index (χ0v) is 8.55. The number of ether oxygens (including phenoxy) is 1. The third-order valence-electron chi connectivity index (χ3n) is 2.22. The molecule has 0 fully saturated rings. The van der Waals surface area contributed by atoms with Gasteiger partial charge in [0.2, 0.25) is 0 Å². The summed E-state index contributed by atoms with van der Waals surface area (Å²) in [6.45, 7) is 7.90. The Bertz CT molecular complexity index is 313. The smallest absolute Gasteiger partial charge is 0.122 e. The minimum atomic E-state index is 0.927. The molecule has 13 heavy (non-hydrogen) atoms. The highest BCUT2D eigenvalue weighted by Gasteiger charge is 2.02. The normalized spacial score (nSPS) is 9.77. The van der Waals surface area contributed by atoms with Gasteiger partial charge in [0.05, 0.1) is 7.11 Å². The summed E-state index contributed by atoms with van der Waals surface area (Å²) in [5.74, 6) is 0.963. The van der Waals surface area contributed by atoms with Crippen LogP contribution in [0.3, 0.4) is 0 Å². The van der Waals surface area contributed by atoms with Crippen LogP contribution in [0.25, 0.3) is 0 Å². The lowest BCUT2D eigenvalue weighted by Crippen LogP contribution is -1.93. The summed E-state index contributed by atoms with van der Waals surface area (Å²) < 4.78 is 5.23. The van der Waals surface area contributed by atoms with Gasteiger partial charge >= 0.3 is 0 Å². The first-order valence-electron chi connectivity index (χ1n) is 4.44. The quantitative estimate of drug-likeness (QED) is 0.643. The predicted molar refractivity (Wildman–Crippen MR) is 56.4 cm³/mol. The topological polar surface area (TPSA) is 9.23 Å². The molecule has 0 aliphatic rings. The van der Waals surface area contributed by atoms with Gasteiger partial charge in [0, 0.05) is 0 Å². The minimum Gasteiger partial charge on any atom is -0.496 e. The van der Waals surface area contributed by atoms with E-state index >= 15 is 0 Å². The summed E-state index contributed by atoms with van der Waals surface area (Å²) >= 11 is 0. The van der Waals surface area contributed by atoms with Crippen LogP contribution in [0.15, 0.2) is 24.8 Å². The highest BCUT2D eigenvalue weighted by Crippen LogP contribution is 2.22. The van der Waals surface area contributed by atoms with Crippen LogP contribution in [0, 0.1) is 13.8 Å². The molecule has 1 rings (SSSR count). The Balaban J connectivity index is 3.12. The largest absolute Gasteiger partial charge is 0.496 e. The number of hydrogen-bond donors (Lipinski definition) is 0. The van der Waals surface area contributed by atoms with Crippen LogP contribution in [0.1, 0.15) is 16.7 Å². The van der Waals surface area contributed by atoms with Crippen molar-refractivity contribution >= 4 is 0 Å². The zero-order chi connectivity index (χ0) is 9.84. The summed E-state index contributed by atoms with van der Waals surface area (Å²) in [4.78, 5) is 0. The number of hydrogen-bond acceptors (Lipinski definition) is 1. The second-order valence-electron chi connectivity index (χ2n) is 3.24. The zero-order valence-electron chi connectivity index (χ0n) is 8.55.